The molecule has 0 rings (SSSR count). The largest absolute Gasteiger partial charge is 0.281 e. The van der Waals surface area contributed by atoms with E-state index in [1.165, 1.54) is 0 Å². The highest BCUT2D eigenvalue weighted by Gasteiger charge is 2.11. The van der Waals surface area contributed by atoms with Crippen molar-refractivity contribution in [1.29, 1.82) is 0 Å². The van der Waals surface area contributed by atoms with Gasteiger partial charge < -0.3 is 0 Å². The Morgan fingerprint density at radius 1 is 1.40 bits per heavy atom. The van der Waals surface area contributed by atoms with Crippen molar-refractivity contribution in [3.05, 3.63) is 25.3 Å². The van der Waals surface area contributed by atoms with Crippen LogP contribution in [0, 0.1) is 5.92 Å². The number of allylic oxidation sites excluding steroid dienone is 2. The Kier molecular flexibility index (Phi) is 4.95. The van der Waals surface area contributed by atoms with Gasteiger partial charge in [0.2, 0.25) is 5.24 Å². The molecular formula is C8H11ClO. The molecule has 0 fully saturated rings. The first-order valence-corrected chi connectivity index (χ1v) is 3.51. The van der Waals surface area contributed by atoms with Gasteiger partial charge in [-0.05, 0) is 24.4 Å². The lowest BCUT2D eigenvalue weighted by atomic mass is 10.0. The Balaban J connectivity index is 3.83. The van der Waals surface area contributed by atoms with E-state index in [1.54, 1.807) is 12.2 Å². The molecule has 0 aliphatic rings. The molecule has 0 aliphatic heterocycles. The SMILES string of the molecule is C=CCC(CC=C)C(=O)Cl. The van der Waals surface area contributed by atoms with Crippen LogP contribution in [0.5, 0.6) is 0 Å². The van der Waals surface area contributed by atoms with E-state index < -0.39 is 0 Å². The average molecular weight is 159 g/mol. The van der Waals surface area contributed by atoms with E-state index in [0.717, 1.165) is 0 Å². The fourth-order valence-electron chi connectivity index (χ4n) is 0.684. The lowest BCUT2D eigenvalue weighted by molar-refractivity contribution is -0.114. The zero-order chi connectivity index (χ0) is 7.98. The van der Waals surface area contributed by atoms with Crippen LogP contribution in [0.1, 0.15) is 12.8 Å². The Labute approximate surface area is 66.4 Å². The van der Waals surface area contributed by atoms with Crippen LogP contribution in [-0.4, -0.2) is 5.24 Å². The minimum absolute atomic E-state index is 0.128. The van der Waals surface area contributed by atoms with Crippen LogP contribution in [-0.2, 0) is 4.79 Å². The van der Waals surface area contributed by atoms with E-state index in [-0.39, 0.29) is 11.2 Å². The van der Waals surface area contributed by atoms with Crippen LogP contribution in [0.3, 0.4) is 0 Å². The monoisotopic (exact) mass is 158 g/mol. The van der Waals surface area contributed by atoms with Crippen LogP contribution in [0.2, 0.25) is 0 Å². The fourth-order valence-corrected chi connectivity index (χ4v) is 0.862. The summed E-state index contributed by atoms with van der Waals surface area (Å²) >= 11 is 5.27. The Bertz CT molecular complexity index is 130. The summed E-state index contributed by atoms with van der Waals surface area (Å²) in [4.78, 5) is 10.6. The third kappa shape index (κ3) is 3.46. The molecule has 0 N–H and O–H groups in total. The first-order chi connectivity index (χ1) is 4.72. The molecule has 0 aliphatic carbocycles. The Morgan fingerprint density at radius 2 is 1.80 bits per heavy atom. The summed E-state index contributed by atoms with van der Waals surface area (Å²) in [6, 6.07) is 0. The molecular weight excluding hydrogens is 148 g/mol. The Morgan fingerprint density at radius 3 is 2.00 bits per heavy atom. The maximum absolute atomic E-state index is 10.6. The van der Waals surface area contributed by atoms with Crippen molar-refractivity contribution in [3.8, 4) is 0 Å². The van der Waals surface area contributed by atoms with Gasteiger partial charge in [-0.2, -0.15) is 0 Å². The molecule has 0 bridgehead atoms. The normalized spacial score (nSPS) is 9.40. The second-order valence-corrected chi connectivity index (χ2v) is 2.42. The van der Waals surface area contributed by atoms with Crippen molar-refractivity contribution in [2.45, 2.75) is 12.8 Å². The number of hydrogen-bond donors (Lipinski definition) is 0. The molecule has 0 saturated heterocycles. The van der Waals surface area contributed by atoms with Crippen LogP contribution in [0.15, 0.2) is 25.3 Å². The van der Waals surface area contributed by atoms with Gasteiger partial charge in [-0.3, -0.25) is 4.79 Å². The molecule has 0 radical (unpaired) electrons. The zero-order valence-corrected chi connectivity index (χ0v) is 6.60. The van der Waals surface area contributed by atoms with Gasteiger partial charge in [0.1, 0.15) is 0 Å². The lowest BCUT2D eigenvalue weighted by Gasteiger charge is -2.04. The van der Waals surface area contributed by atoms with Gasteiger partial charge in [-0.1, -0.05) is 12.2 Å². The van der Waals surface area contributed by atoms with E-state index in [2.05, 4.69) is 13.2 Å². The number of hydrogen-bond acceptors (Lipinski definition) is 1. The first kappa shape index (κ1) is 9.44. The third-order valence-corrected chi connectivity index (χ3v) is 1.53. The van der Waals surface area contributed by atoms with Gasteiger partial charge in [0.25, 0.3) is 0 Å². The molecule has 56 valence electrons. The molecule has 0 aromatic rings. The molecule has 0 aromatic heterocycles. The number of carbonyl (C=O) groups is 1. The van der Waals surface area contributed by atoms with Crippen molar-refractivity contribution in [1.82, 2.24) is 0 Å². The molecule has 0 atom stereocenters. The maximum Gasteiger partial charge on any atom is 0.225 e. The molecule has 0 heterocycles. The second kappa shape index (κ2) is 5.24. The summed E-state index contributed by atoms with van der Waals surface area (Å²) < 4.78 is 0. The highest BCUT2D eigenvalue weighted by molar-refractivity contribution is 6.64. The lowest BCUT2D eigenvalue weighted by Crippen LogP contribution is -2.05. The summed E-state index contributed by atoms with van der Waals surface area (Å²) in [5.41, 5.74) is 0. The molecule has 0 spiro atoms. The minimum atomic E-state index is -0.306. The topological polar surface area (TPSA) is 17.1 Å². The van der Waals surface area contributed by atoms with Crippen molar-refractivity contribution in [2.75, 3.05) is 0 Å². The van der Waals surface area contributed by atoms with Gasteiger partial charge in [0.15, 0.2) is 0 Å². The standard InChI is InChI=1S/C8H11ClO/c1-3-5-7(6-4-2)8(9)10/h3-4,7H,1-2,5-6H2. The average Bonchev–Trinajstić information content (AvgIpc) is 1.87. The van der Waals surface area contributed by atoms with Crippen molar-refractivity contribution in [2.24, 2.45) is 5.92 Å². The summed E-state index contributed by atoms with van der Waals surface area (Å²) in [6.07, 6.45) is 4.64. The fraction of sp³-hybridized carbons (Fsp3) is 0.375. The van der Waals surface area contributed by atoms with Crippen molar-refractivity contribution >= 4 is 16.8 Å². The van der Waals surface area contributed by atoms with E-state index >= 15 is 0 Å². The van der Waals surface area contributed by atoms with E-state index in [4.69, 9.17) is 11.6 Å². The first-order valence-electron chi connectivity index (χ1n) is 3.13. The minimum Gasteiger partial charge on any atom is -0.281 e. The van der Waals surface area contributed by atoms with Crippen LogP contribution in [0.4, 0.5) is 0 Å². The predicted octanol–water partition coefficient (Wildman–Crippen LogP) is 2.52. The Hall–Kier alpha value is -0.560. The molecule has 0 saturated carbocycles. The van der Waals surface area contributed by atoms with E-state index in [0.29, 0.717) is 12.8 Å². The quantitative estimate of drug-likeness (QED) is 0.444. The summed E-state index contributed by atoms with van der Waals surface area (Å²) in [7, 11) is 0. The van der Waals surface area contributed by atoms with Gasteiger partial charge in [-0.25, -0.2) is 0 Å². The molecule has 0 aromatic carbocycles. The number of rotatable bonds is 5. The smallest absolute Gasteiger partial charge is 0.225 e. The summed E-state index contributed by atoms with van der Waals surface area (Å²) in [5, 5.41) is -0.306. The molecule has 1 nitrogen and oxygen atoms in total. The van der Waals surface area contributed by atoms with Crippen LogP contribution in [0.25, 0.3) is 0 Å². The van der Waals surface area contributed by atoms with E-state index in [1.807, 2.05) is 0 Å². The molecule has 0 unspecified atom stereocenters. The second-order valence-electron chi connectivity index (χ2n) is 2.05. The molecule has 2 heteroatoms. The van der Waals surface area contributed by atoms with E-state index in [9.17, 15) is 4.79 Å². The zero-order valence-electron chi connectivity index (χ0n) is 5.85. The summed E-state index contributed by atoms with van der Waals surface area (Å²) in [6.45, 7) is 7.04. The van der Waals surface area contributed by atoms with Gasteiger partial charge in [0.05, 0.1) is 0 Å². The number of carbonyl (C=O) groups excluding carboxylic acids is 1. The van der Waals surface area contributed by atoms with Gasteiger partial charge >= 0.3 is 0 Å². The van der Waals surface area contributed by atoms with Crippen molar-refractivity contribution in [3.63, 3.8) is 0 Å². The predicted molar refractivity (Wildman–Crippen MR) is 44.0 cm³/mol. The van der Waals surface area contributed by atoms with Gasteiger partial charge in [0, 0.05) is 5.92 Å². The number of halogens is 1. The molecule has 10 heavy (non-hydrogen) atoms. The van der Waals surface area contributed by atoms with Crippen LogP contribution >= 0.6 is 11.6 Å². The maximum atomic E-state index is 10.6. The highest BCUT2D eigenvalue weighted by atomic mass is 35.5. The third-order valence-electron chi connectivity index (χ3n) is 1.22. The van der Waals surface area contributed by atoms with Gasteiger partial charge in [-0.15, -0.1) is 13.2 Å². The van der Waals surface area contributed by atoms with Crippen LogP contribution < -0.4 is 0 Å². The highest BCUT2D eigenvalue weighted by Crippen LogP contribution is 2.12. The summed E-state index contributed by atoms with van der Waals surface area (Å²) in [5.74, 6) is -0.128. The van der Waals surface area contributed by atoms with Crippen molar-refractivity contribution < 1.29 is 4.79 Å². The molecule has 0 amide bonds.